The maximum Gasteiger partial charge on any atom is 0.157 e. The third-order valence-corrected chi connectivity index (χ3v) is 6.33. The third-order valence-electron chi connectivity index (χ3n) is 1.98. The van der Waals surface area contributed by atoms with Crippen LogP contribution in [0.15, 0.2) is 14.3 Å². The molecule has 2 rings (SSSR count). The van der Waals surface area contributed by atoms with E-state index in [0.717, 1.165) is 29.7 Å². The predicted octanol–water partition coefficient (Wildman–Crippen LogP) is 4.29. The number of hydrogen-bond acceptors (Lipinski definition) is 5. The van der Waals surface area contributed by atoms with E-state index in [1.807, 2.05) is 0 Å². The molecule has 0 aliphatic rings. The number of aromatic nitrogens is 2. The van der Waals surface area contributed by atoms with Crippen LogP contribution in [-0.4, -0.2) is 16.2 Å². The summed E-state index contributed by atoms with van der Waals surface area (Å²) >= 11 is 10.3. The van der Waals surface area contributed by atoms with Gasteiger partial charge in [-0.3, -0.25) is 0 Å². The average Bonchev–Trinajstić information content (AvgIpc) is 2.84. The third kappa shape index (κ3) is 3.57. The molecule has 0 bridgehead atoms. The Labute approximate surface area is 125 Å². The molecule has 0 atom stereocenters. The first kappa shape index (κ1) is 13.6. The molecule has 7 heteroatoms. The number of nitrogens with one attached hydrogen (secondary N) is 1. The SMILES string of the molecule is CC(C)NCc1nnc(-c2cc(Br)c(Br)s2)s1. The van der Waals surface area contributed by atoms with Crippen molar-refractivity contribution in [3.05, 3.63) is 19.3 Å². The van der Waals surface area contributed by atoms with Gasteiger partial charge in [-0.15, -0.1) is 21.5 Å². The molecule has 0 saturated heterocycles. The lowest BCUT2D eigenvalue weighted by molar-refractivity contribution is 0.585. The standard InChI is InChI=1S/C10H11Br2N3S2/c1-5(2)13-4-8-14-15-10(17-8)7-3-6(11)9(12)16-7/h3,5,13H,4H2,1-2H3. The molecule has 0 spiro atoms. The Morgan fingerprint density at radius 3 is 2.65 bits per heavy atom. The first-order valence-corrected chi connectivity index (χ1v) is 8.29. The molecule has 1 N–H and O–H groups in total. The quantitative estimate of drug-likeness (QED) is 0.837. The molecule has 2 aromatic rings. The maximum absolute atomic E-state index is 4.22. The number of nitrogens with zero attached hydrogens (tertiary/aromatic N) is 2. The van der Waals surface area contributed by atoms with Crippen molar-refractivity contribution in [3.63, 3.8) is 0 Å². The number of thiophene rings is 1. The minimum atomic E-state index is 0.465. The van der Waals surface area contributed by atoms with Crippen molar-refractivity contribution in [1.29, 1.82) is 0 Å². The highest BCUT2D eigenvalue weighted by Crippen LogP contribution is 2.39. The van der Waals surface area contributed by atoms with Gasteiger partial charge in [0.25, 0.3) is 0 Å². The second kappa shape index (κ2) is 5.88. The largest absolute Gasteiger partial charge is 0.308 e. The minimum absolute atomic E-state index is 0.465. The van der Waals surface area contributed by atoms with Gasteiger partial charge in [-0.2, -0.15) is 0 Å². The van der Waals surface area contributed by atoms with Crippen LogP contribution in [0, 0.1) is 0 Å². The Balaban J connectivity index is 2.12. The number of rotatable bonds is 4. The van der Waals surface area contributed by atoms with Crippen molar-refractivity contribution in [2.45, 2.75) is 26.4 Å². The monoisotopic (exact) mass is 395 g/mol. The van der Waals surface area contributed by atoms with E-state index in [2.05, 4.69) is 67.3 Å². The van der Waals surface area contributed by atoms with Gasteiger partial charge in [0.05, 0.1) is 8.66 Å². The van der Waals surface area contributed by atoms with E-state index < -0.39 is 0 Å². The smallest absolute Gasteiger partial charge is 0.157 e. The van der Waals surface area contributed by atoms with Gasteiger partial charge in [0, 0.05) is 17.1 Å². The van der Waals surface area contributed by atoms with E-state index in [-0.39, 0.29) is 0 Å². The summed E-state index contributed by atoms with van der Waals surface area (Å²) in [6.07, 6.45) is 0. The van der Waals surface area contributed by atoms with Crippen LogP contribution in [0.1, 0.15) is 18.9 Å². The zero-order valence-electron chi connectivity index (χ0n) is 9.33. The van der Waals surface area contributed by atoms with Crippen molar-refractivity contribution in [2.75, 3.05) is 0 Å². The van der Waals surface area contributed by atoms with Crippen LogP contribution >= 0.6 is 54.5 Å². The zero-order valence-corrected chi connectivity index (χ0v) is 14.1. The van der Waals surface area contributed by atoms with Crippen LogP contribution in [0.25, 0.3) is 9.88 Å². The van der Waals surface area contributed by atoms with Gasteiger partial charge < -0.3 is 5.32 Å². The van der Waals surface area contributed by atoms with E-state index in [9.17, 15) is 0 Å². The Morgan fingerprint density at radius 1 is 1.29 bits per heavy atom. The van der Waals surface area contributed by atoms with Crippen molar-refractivity contribution in [1.82, 2.24) is 15.5 Å². The van der Waals surface area contributed by atoms with Gasteiger partial charge in [-0.1, -0.05) is 25.2 Å². The molecule has 0 aliphatic heterocycles. The molecule has 3 nitrogen and oxygen atoms in total. The van der Waals surface area contributed by atoms with Crippen molar-refractivity contribution >= 4 is 54.5 Å². The molecule has 0 aromatic carbocycles. The molecule has 0 unspecified atom stereocenters. The van der Waals surface area contributed by atoms with Gasteiger partial charge in [0.2, 0.25) is 0 Å². The van der Waals surface area contributed by atoms with Gasteiger partial charge in [0.15, 0.2) is 5.01 Å². The summed E-state index contributed by atoms with van der Waals surface area (Å²) in [7, 11) is 0. The fourth-order valence-corrected chi connectivity index (χ4v) is 4.03. The fraction of sp³-hybridized carbons (Fsp3) is 0.400. The highest BCUT2D eigenvalue weighted by atomic mass is 79.9. The average molecular weight is 397 g/mol. The van der Waals surface area contributed by atoms with E-state index in [0.29, 0.717) is 6.04 Å². The molecular formula is C10H11Br2N3S2. The topological polar surface area (TPSA) is 37.8 Å². The Morgan fingerprint density at radius 2 is 2.06 bits per heavy atom. The molecule has 0 fully saturated rings. The molecule has 0 radical (unpaired) electrons. The number of hydrogen-bond donors (Lipinski definition) is 1. The Kier molecular flexibility index (Phi) is 4.71. The molecule has 92 valence electrons. The van der Waals surface area contributed by atoms with Crippen LogP contribution in [0.3, 0.4) is 0 Å². The molecule has 0 aliphatic carbocycles. The highest BCUT2D eigenvalue weighted by Gasteiger charge is 2.11. The van der Waals surface area contributed by atoms with E-state index in [1.54, 1.807) is 22.7 Å². The fourth-order valence-electron chi connectivity index (χ4n) is 1.17. The summed E-state index contributed by atoms with van der Waals surface area (Å²) in [6, 6.07) is 2.53. The Bertz CT molecular complexity index is 488. The maximum atomic E-state index is 4.22. The molecule has 17 heavy (non-hydrogen) atoms. The molecule has 0 amide bonds. The van der Waals surface area contributed by atoms with Crippen LogP contribution < -0.4 is 5.32 Å². The minimum Gasteiger partial charge on any atom is -0.308 e. The van der Waals surface area contributed by atoms with E-state index in [1.165, 1.54) is 0 Å². The lowest BCUT2D eigenvalue weighted by Gasteiger charge is -2.03. The Hall–Kier alpha value is 0.180. The summed E-state index contributed by atoms with van der Waals surface area (Å²) in [6.45, 7) is 5.02. The van der Waals surface area contributed by atoms with Gasteiger partial charge in [0.1, 0.15) is 5.01 Å². The van der Waals surface area contributed by atoms with Crippen molar-refractivity contribution in [3.8, 4) is 9.88 Å². The lowest BCUT2D eigenvalue weighted by Crippen LogP contribution is -2.21. The van der Waals surface area contributed by atoms with Crippen LogP contribution in [-0.2, 0) is 6.54 Å². The first-order chi connectivity index (χ1) is 8.06. The van der Waals surface area contributed by atoms with Gasteiger partial charge in [-0.25, -0.2) is 0 Å². The van der Waals surface area contributed by atoms with Crippen LogP contribution in [0.4, 0.5) is 0 Å². The van der Waals surface area contributed by atoms with Crippen molar-refractivity contribution in [2.24, 2.45) is 0 Å². The normalized spacial score (nSPS) is 11.4. The van der Waals surface area contributed by atoms with E-state index >= 15 is 0 Å². The predicted molar refractivity (Wildman–Crippen MR) is 80.6 cm³/mol. The summed E-state index contributed by atoms with van der Waals surface area (Å²) < 4.78 is 2.15. The summed E-state index contributed by atoms with van der Waals surface area (Å²) in [4.78, 5) is 1.14. The molecule has 0 saturated carbocycles. The molecular weight excluding hydrogens is 386 g/mol. The summed E-state index contributed by atoms with van der Waals surface area (Å²) in [5.41, 5.74) is 0. The summed E-state index contributed by atoms with van der Waals surface area (Å²) in [5, 5.41) is 13.7. The zero-order chi connectivity index (χ0) is 12.4. The lowest BCUT2D eigenvalue weighted by atomic mass is 10.4. The van der Waals surface area contributed by atoms with Gasteiger partial charge >= 0.3 is 0 Å². The highest BCUT2D eigenvalue weighted by molar-refractivity contribution is 9.13. The molecule has 2 heterocycles. The van der Waals surface area contributed by atoms with E-state index in [4.69, 9.17) is 0 Å². The second-order valence-electron chi connectivity index (χ2n) is 3.77. The van der Waals surface area contributed by atoms with Crippen LogP contribution in [0.5, 0.6) is 0 Å². The first-order valence-electron chi connectivity index (χ1n) is 5.07. The number of halogens is 2. The van der Waals surface area contributed by atoms with Crippen LogP contribution in [0.2, 0.25) is 0 Å². The summed E-state index contributed by atoms with van der Waals surface area (Å²) in [5.74, 6) is 0. The molecule has 2 aromatic heterocycles. The second-order valence-corrected chi connectivity index (χ2v) is 8.06. The van der Waals surface area contributed by atoms with Gasteiger partial charge in [-0.05, 0) is 37.9 Å². The van der Waals surface area contributed by atoms with Crippen molar-refractivity contribution < 1.29 is 0 Å².